The Bertz CT molecular complexity index is 777. The Morgan fingerprint density at radius 1 is 0.969 bits per heavy atom. The lowest BCUT2D eigenvalue weighted by Crippen LogP contribution is -2.57. The van der Waals surface area contributed by atoms with Gasteiger partial charge in [0.1, 0.15) is 0 Å². The maximum Gasteiger partial charge on any atom is 0.239 e. The Morgan fingerprint density at radius 2 is 1.56 bits per heavy atom. The van der Waals surface area contributed by atoms with Crippen molar-refractivity contribution in [3.8, 4) is 17.2 Å². The average molecular weight is 448 g/mol. The Kier molecular flexibility index (Phi) is 8.44. The Balaban J connectivity index is 1.56. The van der Waals surface area contributed by atoms with Crippen molar-refractivity contribution in [3.63, 3.8) is 0 Å². The minimum absolute atomic E-state index is 0.0653. The van der Waals surface area contributed by atoms with E-state index in [0.717, 1.165) is 63.6 Å². The van der Waals surface area contributed by atoms with Gasteiger partial charge in [-0.1, -0.05) is 0 Å². The van der Waals surface area contributed by atoms with Gasteiger partial charge in [0.15, 0.2) is 17.5 Å². The molecule has 0 radical (unpaired) electrons. The van der Waals surface area contributed by atoms with Crippen LogP contribution >= 0.6 is 0 Å². The third kappa shape index (κ3) is 5.38. The second kappa shape index (κ2) is 11.3. The fourth-order valence-electron chi connectivity index (χ4n) is 4.43. The summed E-state index contributed by atoms with van der Waals surface area (Å²) in [5.74, 6) is 2.95. The van der Waals surface area contributed by atoms with Crippen molar-refractivity contribution in [1.29, 1.82) is 0 Å². The van der Waals surface area contributed by atoms with Crippen LogP contribution in [-0.4, -0.2) is 100 Å². The van der Waals surface area contributed by atoms with Gasteiger partial charge in [-0.05, 0) is 37.5 Å². The van der Waals surface area contributed by atoms with E-state index >= 15 is 0 Å². The SMILES string of the molecule is CN=C(NCc1cc(OC)c(OC)c(OC)c1)N1CCN(C(C)C(=O)N2CCCC2)CC1. The number of piperazine rings is 1. The number of ether oxygens (including phenoxy) is 3. The van der Waals surface area contributed by atoms with Crippen LogP contribution in [0, 0.1) is 0 Å². The molecule has 2 heterocycles. The van der Waals surface area contributed by atoms with E-state index < -0.39 is 0 Å². The van der Waals surface area contributed by atoms with Crippen molar-refractivity contribution in [2.24, 2.45) is 4.99 Å². The van der Waals surface area contributed by atoms with Gasteiger partial charge < -0.3 is 29.3 Å². The molecule has 1 atom stereocenters. The molecular formula is C23H37N5O4. The molecule has 2 aliphatic heterocycles. The first kappa shape index (κ1) is 24.0. The molecule has 0 bridgehead atoms. The van der Waals surface area contributed by atoms with Gasteiger partial charge in [0, 0.05) is 52.9 Å². The Morgan fingerprint density at radius 3 is 2.06 bits per heavy atom. The number of guanidine groups is 1. The number of carbonyl (C=O) groups is 1. The summed E-state index contributed by atoms with van der Waals surface area (Å²) in [6.07, 6.45) is 2.25. The molecule has 2 saturated heterocycles. The topological polar surface area (TPSA) is 78.9 Å². The van der Waals surface area contributed by atoms with Gasteiger partial charge in [-0.2, -0.15) is 0 Å². The predicted octanol–water partition coefficient (Wildman–Crippen LogP) is 1.42. The monoisotopic (exact) mass is 447 g/mol. The van der Waals surface area contributed by atoms with E-state index in [4.69, 9.17) is 14.2 Å². The molecule has 9 nitrogen and oxygen atoms in total. The smallest absolute Gasteiger partial charge is 0.239 e. The van der Waals surface area contributed by atoms with Crippen LogP contribution in [-0.2, 0) is 11.3 Å². The van der Waals surface area contributed by atoms with Gasteiger partial charge in [-0.15, -0.1) is 0 Å². The van der Waals surface area contributed by atoms with Gasteiger partial charge in [0.05, 0.1) is 27.4 Å². The van der Waals surface area contributed by atoms with Gasteiger partial charge in [-0.25, -0.2) is 0 Å². The minimum Gasteiger partial charge on any atom is -0.493 e. The summed E-state index contributed by atoms with van der Waals surface area (Å²) < 4.78 is 16.3. The lowest BCUT2D eigenvalue weighted by Gasteiger charge is -2.39. The highest BCUT2D eigenvalue weighted by molar-refractivity contribution is 5.82. The van der Waals surface area contributed by atoms with Crippen LogP contribution in [0.25, 0.3) is 0 Å². The highest BCUT2D eigenvalue weighted by Crippen LogP contribution is 2.38. The molecule has 0 saturated carbocycles. The lowest BCUT2D eigenvalue weighted by molar-refractivity contribution is -0.135. The molecule has 178 valence electrons. The summed E-state index contributed by atoms with van der Waals surface area (Å²) >= 11 is 0. The number of carbonyl (C=O) groups excluding carboxylic acids is 1. The molecule has 0 aliphatic carbocycles. The number of hydrogen-bond donors (Lipinski definition) is 1. The van der Waals surface area contributed by atoms with Crippen molar-refractivity contribution in [2.75, 3.05) is 67.6 Å². The van der Waals surface area contributed by atoms with Gasteiger partial charge in [-0.3, -0.25) is 14.7 Å². The second-order valence-electron chi connectivity index (χ2n) is 8.17. The maximum absolute atomic E-state index is 12.7. The lowest BCUT2D eigenvalue weighted by atomic mass is 10.1. The van der Waals surface area contributed by atoms with E-state index in [0.29, 0.717) is 23.8 Å². The third-order valence-electron chi connectivity index (χ3n) is 6.32. The van der Waals surface area contributed by atoms with E-state index in [1.54, 1.807) is 28.4 Å². The number of rotatable bonds is 7. The highest BCUT2D eigenvalue weighted by atomic mass is 16.5. The predicted molar refractivity (Wildman–Crippen MR) is 125 cm³/mol. The zero-order chi connectivity index (χ0) is 23.1. The molecule has 1 aromatic rings. The van der Waals surface area contributed by atoms with Gasteiger partial charge in [0.25, 0.3) is 0 Å². The number of methoxy groups -OCH3 is 3. The highest BCUT2D eigenvalue weighted by Gasteiger charge is 2.30. The number of hydrogen-bond acceptors (Lipinski definition) is 6. The number of likely N-dealkylation sites (tertiary alicyclic amines) is 1. The molecule has 9 heteroatoms. The molecule has 1 aromatic carbocycles. The van der Waals surface area contributed by atoms with Gasteiger partial charge >= 0.3 is 0 Å². The number of benzene rings is 1. The number of aliphatic imine (C=N–C) groups is 1. The molecule has 2 aliphatic rings. The standard InChI is InChI=1S/C23H37N5O4/c1-17(22(29)27-8-6-7-9-27)26-10-12-28(13-11-26)23(24-2)25-16-18-14-19(30-3)21(32-5)20(15-18)31-4/h14-15,17H,6-13,16H2,1-5H3,(H,24,25). The molecule has 0 spiro atoms. The summed E-state index contributed by atoms with van der Waals surface area (Å²) in [7, 11) is 6.62. The van der Waals surface area contributed by atoms with E-state index in [2.05, 4.69) is 20.1 Å². The largest absolute Gasteiger partial charge is 0.493 e. The van der Waals surface area contributed by atoms with E-state index in [-0.39, 0.29) is 11.9 Å². The number of amides is 1. The van der Waals surface area contributed by atoms with Crippen LogP contribution in [0.2, 0.25) is 0 Å². The normalized spacial score (nSPS) is 18.5. The van der Waals surface area contributed by atoms with Crippen LogP contribution in [0.3, 0.4) is 0 Å². The van der Waals surface area contributed by atoms with E-state index in [9.17, 15) is 4.79 Å². The fraction of sp³-hybridized carbons (Fsp3) is 0.652. The first-order chi connectivity index (χ1) is 15.5. The van der Waals surface area contributed by atoms with Crippen molar-refractivity contribution in [3.05, 3.63) is 17.7 Å². The molecule has 1 unspecified atom stereocenters. The van der Waals surface area contributed by atoms with E-state index in [1.807, 2.05) is 24.0 Å². The molecule has 0 aromatic heterocycles. The maximum atomic E-state index is 12.7. The summed E-state index contributed by atoms with van der Waals surface area (Å²) in [6, 6.07) is 3.81. The van der Waals surface area contributed by atoms with Crippen LogP contribution in [0.15, 0.2) is 17.1 Å². The van der Waals surface area contributed by atoms with E-state index in [1.165, 1.54) is 0 Å². The first-order valence-corrected chi connectivity index (χ1v) is 11.3. The zero-order valence-electron chi connectivity index (χ0n) is 20.0. The first-order valence-electron chi connectivity index (χ1n) is 11.3. The van der Waals surface area contributed by atoms with Crippen molar-refractivity contribution in [2.45, 2.75) is 32.4 Å². The second-order valence-corrected chi connectivity index (χ2v) is 8.17. The number of nitrogens with zero attached hydrogens (tertiary/aromatic N) is 4. The average Bonchev–Trinajstić information content (AvgIpc) is 3.38. The molecule has 2 fully saturated rings. The molecule has 32 heavy (non-hydrogen) atoms. The van der Waals surface area contributed by atoms with Crippen LogP contribution in [0.1, 0.15) is 25.3 Å². The van der Waals surface area contributed by atoms with Crippen LogP contribution in [0.5, 0.6) is 17.2 Å². The number of nitrogens with one attached hydrogen (secondary N) is 1. The van der Waals surface area contributed by atoms with Crippen LogP contribution in [0.4, 0.5) is 0 Å². The van der Waals surface area contributed by atoms with Crippen molar-refractivity contribution < 1.29 is 19.0 Å². The minimum atomic E-state index is -0.0653. The molecule has 3 rings (SSSR count). The molecule has 1 amide bonds. The summed E-state index contributed by atoms with van der Waals surface area (Å²) in [4.78, 5) is 23.7. The Hall–Kier alpha value is -2.68. The van der Waals surface area contributed by atoms with Crippen molar-refractivity contribution >= 4 is 11.9 Å². The van der Waals surface area contributed by atoms with Crippen LogP contribution < -0.4 is 19.5 Å². The van der Waals surface area contributed by atoms with Crippen molar-refractivity contribution in [1.82, 2.24) is 20.0 Å². The zero-order valence-corrected chi connectivity index (χ0v) is 20.0. The fourth-order valence-corrected chi connectivity index (χ4v) is 4.43. The molecule has 1 N–H and O–H groups in total. The summed E-state index contributed by atoms with van der Waals surface area (Å²) in [5, 5.41) is 3.44. The summed E-state index contributed by atoms with van der Waals surface area (Å²) in [6.45, 7) is 7.75. The third-order valence-corrected chi connectivity index (χ3v) is 6.32. The quantitative estimate of drug-likeness (QED) is 0.500. The van der Waals surface area contributed by atoms with Gasteiger partial charge in [0.2, 0.25) is 11.7 Å². The molecular weight excluding hydrogens is 410 g/mol. The Labute approximate surface area is 191 Å². The summed E-state index contributed by atoms with van der Waals surface area (Å²) in [5.41, 5.74) is 1.00.